The second-order valence-corrected chi connectivity index (χ2v) is 5.41. The molecule has 7 heteroatoms. The highest BCUT2D eigenvalue weighted by Crippen LogP contribution is 2.26. The van der Waals surface area contributed by atoms with Gasteiger partial charge >= 0.3 is 0 Å². The summed E-state index contributed by atoms with van der Waals surface area (Å²) in [5.41, 5.74) is 6.15. The fraction of sp³-hybridized carbons (Fsp3) is 0.692. The second-order valence-electron chi connectivity index (χ2n) is 5.03. The minimum absolute atomic E-state index is 0.238. The molecule has 1 fully saturated rings. The standard InChI is InChI=1S/C13H21ClN4O2/c1-20-7-6-18-13(19)12(14)11(9-16-18)17-4-2-10(8-15)3-5-17/h9-10H,2-8,15H2,1H3. The average Bonchev–Trinajstić information content (AvgIpc) is 2.49. The van der Waals surface area contributed by atoms with E-state index in [0.29, 0.717) is 19.1 Å². The third-order valence-corrected chi connectivity index (χ3v) is 4.12. The van der Waals surface area contributed by atoms with E-state index >= 15 is 0 Å². The zero-order chi connectivity index (χ0) is 14.5. The van der Waals surface area contributed by atoms with Crippen LogP contribution in [0.3, 0.4) is 0 Å². The van der Waals surface area contributed by atoms with Gasteiger partial charge in [-0.25, -0.2) is 4.68 Å². The Bertz CT molecular complexity index is 498. The average molecular weight is 301 g/mol. The topological polar surface area (TPSA) is 73.4 Å². The van der Waals surface area contributed by atoms with Crippen LogP contribution in [0.1, 0.15) is 12.8 Å². The predicted molar refractivity (Wildman–Crippen MR) is 79.4 cm³/mol. The molecule has 0 amide bonds. The third-order valence-electron chi connectivity index (χ3n) is 3.76. The van der Waals surface area contributed by atoms with Gasteiger partial charge in [0.05, 0.1) is 25.0 Å². The summed E-state index contributed by atoms with van der Waals surface area (Å²) < 4.78 is 6.28. The molecule has 2 heterocycles. The predicted octanol–water partition coefficient (Wildman–Crippen LogP) is 0.718. The summed E-state index contributed by atoms with van der Waals surface area (Å²) in [6.45, 7) is 3.29. The van der Waals surface area contributed by atoms with Gasteiger partial charge in [0.15, 0.2) is 0 Å². The van der Waals surface area contributed by atoms with E-state index < -0.39 is 0 Å². The van der Waals surface area contributed by atoms with E-state index in [-0.39, 0.29) is 10.6 Å². The van der Waals surface area contributed by atoms with Crippen LogP contribution in [-0.2, 0) is 11.3 Å². The highest BCUT2D eigenvalue weighted by molar-refractivity contribution is 6.33. The largest absolute Gasteiger partial charge is 0.383 e. The fourth-order valence-electron chi connectivity index (χ4n) is 2.42. The van der Waals surface area contributed by atoms with E-state index in [1.54, 1.807) is 13.3 Å². The van der Waals surface area contributed by atoms with Gasteiger partial charge in [0.1, 0.15) is 5.02 Å². The van der Waals surface area contributed by atoms with Crippen molar-refractivity contribution in [3.63, 3.8) is 0 Å². The molecule has 1 aromatic heterocycles. The lowest BCUT2D eigenvalue weighted by Gasteiger charge is -2.33. The normalized spacial score (nSPS) is 16.6. The highest BCUT2D eigenvalue weighted by Gasteiger charge is 2.21. The van der Waals surface area contributed by atoms with E-state index in [1.807, 2.05) is 0 Å². The molecule has 1 aliphatic rings. The summed E-state index contributed by atoms with van der Waals surface area (Å²) in [6, 6.07) is 0. The molecule has 1 aromatic rings. The molecule has 0 bridgehead atoms. The van der Waals surface area contributed by atoms with Crippen molar-refractivity contribution in [2.75, 3.05) is 38.3 Å². The van der Waals surface area contributed by atoms with Crippen molar-refractivity contribution in [3.8, 4) is 0 Å². The Hall–Kier alpha value is -1.11. The van der Waals surface area contributed by atoms with Gasteiger partial charge in [0, 0.05) is 20.2 Å². The molecule has 1 saturated heterocycles. The van der Waals surface area contributed by atoms with Gasteiger partial charge < -0.3 is 15.4 Å². The molecule has 2 N–H and O–H groups in total. The number of anilines is 1. The monoisotopic (exact) mass is 300 g/mol. The summed E-state index contributed by atoms with van der Waals surface area (Å²) in [4.78, 5) is 14.2. The van der Waals surface area contributed by atoms with E-state index in [4.69, 9.17) is 22.1 Å². The second kappa shape index (κ2) is 7.06. The zero-order valence-electron chi connectivity index (χ0n) is 11.7. The SMILES string of the molecule is COCCn1ncc(N2CCC(CN)CC2)c(Cl)c1=O. The first kappa shape index (κ1) is 15.3. The number of halogens is 1. The number of nitrogens with zero attached hydrogens (tertiary/aromatic N) is 3. The fourth-order valence-corrected chi connectivity index (χ4v) is 2.69. The van der Waals surface area contributed by atoms with Crippen LogP contribution in [0.5, 0.6) is 0 Å². The number of methoxy groups -OCH3 is 1. The summed E-state index contributed by atoms with van der Waals surface area (Å²) in [6.07, 6.45) is 3.72. The molecule has 0 unspecified atom stereocenters. The van der Waals surface area contributed by atoms with E-state index in [1.165, 1.54) is 4.68 Å². The van der Waals surface area contributed by atoms with Crippen LogP contribution in [0, 0.1) is 5.92 Å². The van der Waals surface area contributed by atoms with Crippen molar-refractivity contribution >= 4 is 17.3 Å². The van der Waals surface area contributed by atoms with Gasteiger partial charge in [-0.2, -0.15) is 5.10 Å². The van der Waals surface area contributed by atoms with Crippen molar-refractivity contribution in [3.05, 3.63) is 21.6 Å². The third kappa shape index (κ3) is 3.31. The van der Waals surface area contributed by atoms with Crippen molar-refractivity contribution in [2.45, 2.75) is 19.4 Å². The van der Waals surface area contributed by atoms with Gasteiger partial charge in [-0.15, -0.1) is 0 Å². The number of hydrogen-bond acceptors (Lipinski definition) is 5. The first-order valence-corrected chi connectivity index (χ1v) is 7.24. The molecule has 0 aliphatic carbocycles. The molecule has 1 aliphatic heterocycles. The molecule has 0 spiro atoms. The van der Waals surface area contributed by atoms with E-state index in [0.717, 1.165) is 38.2 Å². The molecule has 0 atom stereocenters. The van der Waals surface area contributed by atoms with Crippen molar-refractivity contribution in [1.29, 1.82) is 0 Å². The molecular formula is C13H21ClN4O2. The Morgan fingerprint density at radius 3 is 2.80 bits per heavy atom. The molecule has 2 rings (SSSR count). The summed E-state index contributed by atoms with van der Waals surface area (Å²) in [5.74, 6) is 0.569. The molecule has 0 radical (unpaired) electrons. The van der Waals surface area contributed by atoms with Gasteiger partial charge in [-0.05, 0) is 25.3 Å². The van der Waals surface area contributed by atoms with E-state index in [2.05, 4.69) is 10.00 Å². The van der Waals surface area contributed by atoms with Crippen LogP contribution >= 0.6 is 11.6 Å². The Morgan fingerprint density at radius 2 is 2.20 bits per heavy atom. The molecule has 112 valence electrons. The van der Waals surface area contributed by atoms with Gasteiger partial charge in [-0.1, -0.05) is 11.6 Å². The minimum atomic E-state index is -0.262. The van der Waals surface area contributed by atoms with Crippen LogP contribution in [-0.4, -0.2) is 43.1 Å². The Labute approximate surface area is 123 Å². The molecule has 0 aromatic carbocycles. The number of piperidine rings is 1. The van der Waals surface area contributed by atoms with Crippen LogP contribution in [0.25, 0.3) is 0 Å². The van der Waals surface area contributed by atoms with E-state index in [9.17, 15) is 4.79 Å². The summed E-state index contributed by atoms with van der Waals surface area (Å²) >= 11 is 6.20. The summed E-state index contributed by atoms with van der Waals surface area (Å²) in [5, 5.41) is 4.40. The number of ether oxygens (including phenoxy) is 1. The van der Waals surface area contributed by atoms with Crippen molar-refractivity contribution in [1.82, 2.24) is 9.78 Å². The summed E-state index contributed by atoms with van der Waals surface area (Å²) in [7, 11) is 1.59. The number of rotatable bonds is 5. The lowest BCUT2D eigenvalue weighted by Crippen LogP contribution is -2.37. The molecule has 0 saturated carbocycles. The highest BCUT2D eigenvalue weighted by atomic mass is 35.5. The zero-order valence-corrected chi connectivity index (χ0v) is 12.5. The lowest BCUT2D eigenvalue weighted by atomic mass is 9.97. The first-order valence-electron chi connectivity index (χ1n) is 6.87. The Balaban J connectivity index is 2.13. The number of hydrogen-bond donors (Lipinski definition) is 1. The van der Waals surface area contributed by atoms with Gasteiger partial charge in [-0.3, -0.25) is 4.79 Å². The van der Waals surface area contributed by atoms with Crippen LogP contribution in [0.2, 0.25) is 5.02 Å². The quantitative estimate of drug-likeness (QED) is 0.867. The van der Waals surface area contributed by atoms with Crippen LogP contribution in [0.15, 0.2) is 11.0 Å². The first-order chi connectivity index (χ1) is 9.67. The smallest absolute Gasteiger partial charge is 0.287 e. The lowest BCUT2D eigenvalue weighted by molar-refractivity contribution is 0.182. The maximum Gasteiger partial charge on any atom is 0.287 e. The molecular weight excluding hydrogens is 280 g/mol. The van der Waals surface area contributed by atoms with Crippen molar-refractivity contribution in [2.24, 2.45) is 11.7 Å². The Morgan fingerprint density at radius 1 is 1.50 bits per heavy atom. The Kier molecular flexibility index (Phi) is 5.39. The molecule has 6 nitrogen and oxygen atoms in total. The maximum atomic E-state index is 12.1. The maximum absolute atomic E-state index is 12.1. The number of aromatic nitrogens is 2. The number of nitrogens with two attached hydrogens (primary N) is 1. The van der Waals surface area contributed by atoms with Gasteiger partial charge in [0.2, 0.25) is 0 Å². The van der Waals surface area contributed by atoms with Gasteiger partial charge in [0.25, 0.3) is 5.56 Å². The minimum Gasteiger partial charge on any atom is -0.383 e. The van der Waals surface area contributed by atoms with Crippen LogP contribution in [0.4, 0.5) is 5.69 Å². The molecule has 20 heavy (non-hydrogen) atoms. The van der Waals surface area contributed by atoms with Crippen molar-refractivity contribution < 1.29 is 4.74 Å². The van der Waals surface area contributed by atoms with Crippen LogP contribution < -0.4 is 16.2 Å².